The number of carboxylic acids is 1. The third-order valence-corrected chi connectivity index (χ3v) is 2.25. The van der Waals surface area contributed by atoms with Crippen LogP contribution >= 0.6 is 0 Å². The molecule has 0 aliphatic heterocycles. The summed E-state index contributed by atoms with van der Waals surface area (Å²) in [5, 5.41) is 11.7. The van der Waals surface area contributed by atoms with Crippen molar-refractivity contribution in [1.29, 1.82) is 0 Å². The Kier molecular flexibility index (Phi) is 4.97. The molecular formula is C13H19NO3. The van der Waals surface area contributed by atoms with Crippen LogP contribution in [0.5, 0.6) is 5.75 Å². The van der Waals surface area contributed by atoms with Crippen LogP contribution < -0.4 is 10.1 Å². The lowest BCUT2D eigenvalue weighted by atomic mass is 10.2. The maximum absolute atomic E-state index is 10.6. The highest BCUT2D eigenvalue weighted by atomic mass is 16.5. The van der Waals surface area contributed by atoms with Crippen LogP contribution in [0.15, 0.2) is 24.3 Å². The van der Waals surface area contributed by atoms with Gasteiger partial charge in [-0.25, -0.2) is 0 Å². The van der Waals surface area contributed by atoms with Crippen molar-refractivity contribution in [2.24, 2.45) is 0 Å². The van der Waals surface area contributed by atoms with E-state index in [1.807, 2.05) is 38.1 Å². The highest BCUT2D eigenvalue weighted by Crippen LogP contribution is 2.14. The Balaban J connectivity index is 2.56. The summed E-state index contributed by atoms with van der Waals surface area (Å²) in [5.41, 5.74) is 1.01. The molecule has 1 unspecified atom stereocenters. The van der Waals surface area contributed by atoms with Gasteiger partial charge >= 0.3 is 5.97 Å². The zero-order valence-electron chi connectivity index (χ0n) is 10.4. The van der Waals surface area contributed by atoms with E-state index in [0.717, 1.165) is 11.3 Å². The molecule has 0 saturated heterocycles. The second kappa shape index (κ2) is 6.25. The van der Waals surface area contributed by atoms with Gasteiger partial charge in [-0.15, -0.1) is 0 Å². The number of aliphatic carboxylic acids is 1. The third-order valence-electron chi connectivity index (χ3n) is 2.25. The number of carboxylic acid groups (broad SMARTS) is 1. The van der Waals surface area contributed by atoms with E-state index in [4.69, 9.17) is 9.84 Å². The molecule has 0 radical (unpaired) electrons. The number of hydrogen-bond acceptors (Lipinski definition) is 3. The summed E-state index contributed by atoms with van der Waals surface area (Å²) in [6.45, 7) is 6.08. The topological polar surface area (TPSA) is 58.6 Å². The van der Waals surface area contributed by atoms with Crippen molar-refractivity contribution >= 4 is 5.97 Å². The molecule has 0 saturated carbocycles. The largest absolute Gasteiger partial charge is 0.491 e. The Morgan fingerprint density at radius 3 is 2.71 bits per heavy atom. The van der Waals surface area contributed by atoms with Crippen molar-refractivity contribution in [1.82, 2.24) is 5.32 Å². The summed E-state index contributed by atoms with van der Waals surface area (Å²) in [5.74, 6) is -0.0399. The standard InChI is InChI=1S/C13H19NO3/c1-9(2)17-12-6-4-5-11(7-12)8-14-10(3)13(15)16/h4-7,9-10,14H,8H2,1-3H3,(H,15,16). The van der Waals surface area contributed by atoms with Crippen LogP contribution in [0.4, 0.5) is 0 Å². The van der Waals surface area contributed by atoms with E-state index in [-0.39, 0.29) is 6.10 Å². The molecule has 0 fully saturated rings. The molecule has 0 bridgehead atoms. The minimum Gasteiger partial charge on any atom is -0.491 e. The van der Waals surface area contributed by atoms with E-state index in [1.54, 1.807) is 6.92 Å². The molecule has 0 aromatic heterocycles. The van der Waals surface area contributed by atoms with E-state index in [2.05, 4.69) is 5.32 Å². The van der Waals surface area contributed by atoms with Gasteiger partial charge in [-0.1, -0.05) is 12.1 Å². The molecule has 0 amide bonds. The van der Waals surface area contributed by atoms with Crippen molar-refractivity contribution in [3.63, 3.8) is 0 Å². The van der Waals surface area contributed by atoms with Crippen LogP contribution in [-0.2, 0) is 11.3 Å². The van der Waals surface area contributed by atoms with Gasteiger partial charge in [0, 0.05) is 6.54 Å². The van der Waals surface area contributed by atoms with Crippen LogP contribution in [0.3, 0.4) is 0 Å². The molecular weight excluding hydrogens is 218 g/mol. The fourth-order valence-electron chi connectivity index (χ4n) is 1.36. The van der Waals surface area contributed by atoms with Crippen LogP contribution in [0.25, 0.3) is 0 Å². The molecule has 1 aromatic rings. The van der Waals surface area contributed by atoms with Gasteiger partial charge in [-0.2, -0.15) is 0 Å². The maximum atomic E-state index is 10.6. The number of ether oxygens (including phenoxy) is 1. The molecule has 94 valence electrons. The molecule has 1 atom stereocenters. The number of nitrogens with one attached hydrogen (secondary N) is 1. The second-order valence-corrected chi connectivity index (χ2v) is 4.25. The quantitative estimate of drug-likeness (QED) is 0.795. The fourth-order valence-corrected chi connectivity index (χ4v) is 1.36. The van der Waals surface area contributed by atoms with Gasteiger partial charge in [0.05, 0.1) is 6.10 Å². The number of hydrogen-bond donors (Lipinski definition) is 2. The normalized spacial score (nSPS) is 12.5. The van der Waals surface area contributed by atoms with Gasteiger partial charge < -0.3 is 15.2 Å². The van der Waals surface area contributed by atoms with Gasteiger partial charge in [0.2, 0.25) is 0 Å². The zero-order chi connectivity index (χ0) is 12.8. The molecule has 4 heteroatoms. The monoisotopic (exact) mass is 237 g/mol. The third kappa shape index (κ3) is 4.87. The first-order valence-corrected chi connectivity index (χ1v) is 5.71. The predicted octanol–water partition coefficient (Wildman–Crippen LogP) is 2.04. The average molecular weight is 237 g/mol. The molecule has 0 aliphatic carbocycles. The van der Waals surface area contributed by atoms with E-state index in [1.165, 1.54) is 0 Å². The van der Waals surface area contributed by atoms with Crippen molar-refractivity contribution < 1.29 is 14.6 Å². The molecule has 0 spiro atoms. The Morgan fingerprint density at radius 2 is 2.12 bits per heavy atom. The molecule has 1 aromatic carbocycles. The highest BCUT2D eigenvalue weighted by molar-refractivity contribution is 5.72. The first kappa shape index (κ1) is 13.5. The fraction of sp³-hybridized carbons (Fsp3) is 0.462. The zero-order valence-corrected chi connectivity index (χ0v) is 10.4. The summed E-state index contributed by atoms with van der Waals surface area (Å²) in [6.07, 6.45) is 0.135. The SMILES string of the molecule is CC(C)Oc1cccc(CNC(C)C(=O)O)c1. The van der Waals surface area contributed by atoms with Gasteiger partial charge in [-0.05, 0) is 38.5 Å². The van der Waals surface area contributed by atoms with E-state index in [9.17, 15) is 4.79 Å². The minimum atomic E-state index is -0.848. The van der Waals surface area contributed by atoms with Crippen molar-refractivity contribution in [2.45, 2.75) is 39.5 Å². The molecule has 1 rings (SSSR count). The van der Waals surface area contributed by atoms with E-state index < -0.39 is 12.0 Å². The van der Waals surface area contributed by atoms with E-state index >= 15 is 0 Å². The number of carbonyl (C=O) groups is 1. The molecule has 17 heavy (non-hydrogen) atoms. The van der Waals surface area contributed by atoms with Crippen LogP contribution in [-0.4, -0.2) is 23.2 Å². The number of benzene rings is 1. The molecule has 2 N–H and O–H groups in total. The smallest absolute Gasteiger partial charge is 0.320 e. The van der Waals surface area contributed by atoms with Gasteiger partial charge in [0.1, 0.15) is 11.8 Å². The molecule has 0 aliphatic rings. The Hall–Kier alpha value is -1.55. The predicted molar refractivity (Wildman–Crippen MR) is 66.1 cm³/mol. The Bertz CT molecular complexity index is 377. The Morgan fingerprint density at radius 1 is 1.41 bits per heavy atom. The number of rotatable bonds is 6. The lowest BCUT2D eigenvalue weighted by Crippen LogP contribution is -2.33. The minimum absolute atomic E-state index is 0.135. The van der Waals surface area contributed by atoms with Gasteiger partial charge in [0.25, 0.3) is 0 Å². The van der Waals surface area contributed by atoms with Crippen molar-refractivity contribution in [3.05, 3.63) is 29.8 Å². The van der Waals surface area contributed by atoms with Crippen LogP contribution in [0.1, 0.15) is 26.3 Å². The summed E-state index contributed by atoms with van der Waals surface area (Å²) in [6, 6.07) is 7.10. The lowest BCUT2D eigenvalue weighted by molar-refractivity contribution is -0.139. The average Bonchev–Trinajstić information content (AvgIpc) is 2.25. The van der Waals surface area contributed by atoms with Crippen LogP contribution in [0, 0.1) is 0 Å². The van der Waals surface area contributed by atoms with Crippen LogP contribution in [0.2, 0.25) is 0 Å². The lowest BCUT2D eigenvalue weighted by Gasteiger charge is -2.12. The molecule has 0 heterocycles. The summed E-state index contributed by atoms with van der Waals surface area (Å²) >= 11 is 0. The molecule has 4 nitrogen and oxygen atoms in total. The summed E-state index contributed by atoms with van der Waals surface area (Å²) in [4.78, 5) is 10.6. The second-order valence-electron chi connectivity index (χ2n) is 4.25. The van der Waals surface area contributed by atoms with Crippen molar-refractivity contribution in [3.8, 4) is 5.75 Å². The van der Waals surface area contributed by atoms with Gasteiger partial charge in [-0.3, -0.25) is 4.79 Å². The first-order valence-electron chi connectivity index (χ1n) is 5.71. The Labute approximate surface area is 102 Å². The summed E-state index contributed by atoms with van der Waals surface area (Å²) < 4.78 is 5.57. The maximum Gasteiger partial charge on any atom is 0.320 e. The van der Waals surface area contributed by atoms with E-state index in [0.29, 0.717) is 6.54 Å². The highest BCUT2D eigenvalue weighted by Gasteiger charge is 2.09. The first-order chi connectivity index (χ1) is 7.99. The van der Waals surface area contributed by atoms with Gasteiger partial charge in [0.15, 0.2) is 0 Å². The summed E-state index contributed by atoms with van der Waals surface area (Å²) in [7, 11) is 0. The van der Waals surface area contributed by atoms with Crippen molar-refractivity contribution in [2.75, 3.05) is 0 Å².